The van der Waals surface area contributed by atoms with Crippen LogP contribution >= 0.6 is 11.8 Å². The van der Waals surface area contributed by atoms with Crippen molar-refractivity contribution in [2.24, 2.45) is 11.3 Å². The third-order valence-corrected chi connectivity index (χ3v) is 4.65. The van der Waals surface area contributed by atoms with E-state index in [0.717, 1.165) is 6.42 Å². The van der Waals surface area contributed by atoms with Gasteiger partial charge in [0.1, 0.15) is 5.78 Å². The molecule has 0 aliphatic rings. The number of carbonyl (C=O) groups excluding carboxylic acids is 2. The minimum Gasteiger partial charge on any atom is -0.349 e. The molecule has 0 saturated carbocycles. The maximum absolute atomic E-state index is 12.4. The van der Waals surface area contributed by atoms with Gasteiger partial charge >= 0.3 is 0 Å². The van der Waals surface area contributed by atoms with E-state index in [1.54, 1.807) is 37.7 Å². The van der Waals surface area contributed by atoms with Crippen LogP contribution in [-0.4, -0.2) is 41.2 Å². The summed E-state index contributed by atoms with van der Waals surface area (Å²) in [7, 11) is 3.60. The molecular formula is C15H29NO2S. The molecule has 0 fully saturated rings. The number of rotatable bonds is 6. The van der Waals surface area contributed by atoms with Crippen molar-refractivity contribution in [3.8, 4) is 0 Å². The molecule has 19 heavy (non-hydrogen) atoms. The van der Waals surface area contributed by atoms with E-state index in [1.165, 1.54) is 0 Å². The standard InChI is InChI=1S/C15H29NO2S/c1-11(17)10-19-15(5,6)9-12(14(2,3)4)13(18)16(7)8/h12H,9-10H2,1-8H3. The Balaban J connectivity index is 4.92. The minimum absolute atomic E-state index is 0.0306. The van der Waals surface area contributed by atoms with Gasteiger partial charge in [-0.2, -0.15) is 0 Å². The summed E-state index contributed by atoms with van der Waals surface area (Å²) < 4.78 is -0.0741. The molecule has 1 unspecified atom stereocenters. The Morgan fingerprint density at radius 1 is 1.11 bits per heavy atom. The lowest BCUT2D eigenvalue weighted by Gasteiger charge is -2.37. The van der Waals surface area contributed by atoms with Crippen molar-refractivity contribution in [2.75, 3.05) is 19.8 Å². The molecule has 0 bridgehead atoms. The van der Waals surface area contributed by atoms with Crippen molar-refractivity contribution in [3.63, 3.8) is 0 Å². The summed E-state index contributed by atoms with van der Waals surface area (Å²) in [6, 6.07) is 0. The van der Waals surface area contributed by atoms with Crippen molar-refractivity contribution in [1.82, 2.24) is 4.90 Å². The van der Waals surface area contributed by atoms with Gasteiger partial charge in [0.25, 0.3) is 0 Å². The molecule has 0 aromatic rings. The molecule has 0 heterocycles. The van der Waals surface area contributed by atoms with E-state index in [-0.39, 0.29) is 27.8 Å². The predicted octanol–water partition coefficient (Wildman–Crippen LogP) is 3.23. The molecule has 0 saturated heterocycles. The molecule has 0 N–H and O–H groups in total. The first-order chi connectivity index (χ1) is 8.37. The fraction of sp³-hybridized carbons (Fsp3) is 0.867. The summed E-state index contributed by atoms with van der Waals surface area (Å²) in [5, 5.41) is 0. The Kier molecular flexibility index (Phi) is 6.60. The van der Waals surface area contributed by atoms with Gasteiger partial charge in [0.05, 0.1) is 5.75 Å². The van der Waals surface area contributed by atoms with Gasteiger partial charge in [-0.25, -0.2) is 0 Å². The lowest BCUT2D eigenvalue weighted by Crippen LogP contribution is -2.40. The average molecular weight is 287 g/mol. The van der Waals surface area contributed by atoms with E-state index in [0.29, 0.717) is 5.75 Å². The molecule has 0 aromatic carbocycles. The molecule has 0 aliphatic heterocycles. The number of nitrogens with zero attached hydrogens (tertiary/aromatic N) is 1. The summed E-state index contributed by atoms with van der Waals surface area (Å²) in [5.41, 5.74) is -0.0740. The Morgan fingerprint density at radius 2 is 1.58 bits per heavy atom. The predicted molar refractivity (Wildman–Crippen MR) is 83.5 cm³/mol. The van der Waals surface area contributed by atoms with Crippen molar-refractivity contribution in [1.29, 1.82) is 0 Å². The third-order valence-electron chi connectivity index (χ3n) is 3.15. The molecule has 0 aliphatic carbocycles. The largest absolute Gasteiger partial charge is 0.349 e. The second kappa shape index (κ2) is 6.78. The van der Waals surface area contributed by atoms with Gasteiger partial charge in [-0.05, 0) is 18.8 Å². The van der Waals surface area contributed by atoms with E-state index >= 15 is 0 Å². The molecule has 1 atom stereocenters. The SMILES string of the molecule is CC(=O)CSC(C)(C)CC(C(=O)N(C)C)C(C)(C)C. The summed E-state index contributed by atoms with van der Waals surface area (Å²) in [6.45, 7) is 12.1. The van der Waals surface area contributed by atoms with Crippen LogP contribution in [0.5, 0.6) is 0 Å². The van der Waals surface area contributed by atoms with Gasteiger partial charge in [-0.15, -0.1) is 11.8 Å². The second-order valence-electron chi connectivity index (χ2n) is 7.11. The van der Waals surface area contributed by atoms with Gasteiger partial charge in [-0.3, -0.25) is 9.59 Å². The van der Waals surface area contributed by atoms with E-state index in [9.17, 15) is 9.59 Å². The Hall–Kier alpha value is -0.510. The molecule has 3 nitrogen and oxygen atoms in total. The zero-order chi connectivity index (χ0) is 15.4. The van der Waals surface area contributed by atoms with Crippen LogP contribution in [0.2, 0.25) is 0 Å². The average Bonchev–Trinajstić information content (AvgIpc) is 2.21. The number of hydrogen-bond acceptors (Lipinski definition) is 3. The lowest BCUT2D eigenvalue weighted by atomic mass is 9.75. The summed E-state index contributed by atoms with van der Waals surface area (Å²) >= 11 is 1.64. The molecule has 0 radical (unpaired) electrons. The summed E-state index contributed by atoms with van der Waals surface area (Å²) in [4.78, 5) is 25.1. The maximum atomic E-state index is 12.4. The molecule has 4 heteroatoms. The summed E-state index contributed by atoms with van der Waals surface area (Å²) in [6.07, 6.45) is 0.783. The van der Waals surface area contributed by atoms with Crippen LogP contribution in [0.3, 0.4) is 0 Å². The number of amides is 1. The van der Waals surface area contributed by atoms with E-state index in [2.05, 4.69) is 34.6 Å². The van der Waals surface area contributed by atoms with E-state index in [4.69, 9.17) is 0 Å². The zero-order valence-corrected chi connectivity index (χ0v) is 14.5. The fourth-order valence-corrected chi connectivity index (χ4v) is 2.80. The lowest BCUT2D eigenvalue weighted by molar-refractivity contribution is -0.137. The van der Waals surface area contributed by atoms with Gasteiger partial charge in [-0.1, -0.05) is 34.6 Å². The summed E-state index contributed by atoms with van der Waals surface area (Å²) in [5.74, 6) is 0.838. The first kappa shape index (κ1) is 18.5. The van der Waals surface area contributed by atoms with Crippen molar-refractivity contribution in [2.45, 2.75) is 52.7 Å². The molecule has 112 valence electrons. The number of carbonyl (C=O) groups is 2. The van der Waals surface area contributed by atoms with Crippen LogP contribution in [0.4, 0.5) is 0 Å². The Bertz CT molecular complexity index is 330. The van der Waals surface area contributed by atoms with Crippen LogP contribution in [0.15, 0.2) is 0 Å². The van der Waals surface area contributed by atoms with Crippen molar-refractivity contribution in [3.05, 3.63) is 0 Å². The molecule has 0 spiro atoms. The highest BCUT2D eigenvalue weighted by atomic mass is 32.2. The second-order valence-corrected chi connectivity index (χ2v) is 8.79. The smallest absolute Gasteiger partial charge is 0.225 e. The highest BCUT2D eigenvalue weighted by molar-refractivity contribution is 8.01. The van der Waals surface area contributed by atoms with Crippen molar-refractivity contribution >= 4 is 23.5 Å². The van der Waals surface area contributed by atoms with Crippen LogP contribution < -0.4 is 0 Å². The van der Waals surface area contributed by atoms with E-state index in [1.807, 2.05) is 0 Å². The molecular weight excluding hydrogens is 258 g/mol. The molecule has 0 rings (SSSR count). The Labute approximate surface area is 122 Å². The molecule has 0 aromatic heterocycles. The quantitative estimate of drug-likeness (QED) is 0.752. The first-order valence-electron chi connectivity index (χ1n) is 6.71. The Morgan fingerprint density at radius 3 is 1.89 bits per heavy atom. The van der Waals surface area contributed by atoms with E-state index < -0.39 is 0 Å². The topological polar surface area (TPSA) is 37.4 Å². The van der Waals surface area contributed by atoms with Crippen LogP contribution in [0.1, 0.15) is 48.0 Å². The first-order valence-corrected chi connectivity index (χ1v) is 7.70. The maximum Gasteiger partial charge on any atom is 0.225 e. The van der Waals surface area contributed by atoms with Crippen LogP contribution in [0.25, 0.3) is 0 Å². The number of thioether (sulfide) groups is 1. The normalized spacial score (nSPS) is 14.1. The zero-order valence-electron chi connectivity index (χ0n) is 13.7. The number of Topliss-reactive ketones (excluding diaryl/α,β-unsaturated/α-hetero) is 1. The third kappa shape index (κ3) is 7.00. The minimum atomic E-state index is -0.0741. The van der Waals surface area contributed by atoms with Gasteiger partial charge in [0.15, 0.2) is 0 Å². The number of ketones is 1. The van der Waals surface area contributed by atoms with Crippen molar-refractivity contribution < 1.29 is 9.59 Å². The molecule has 1 amide bonds. The van der Waals surface area contributed by atoms with Gasteiger partial charge in [0, 0.05) is 24.8 Å². The fourth-order valence-electron chi connectivity index (χ4n) is 1.92. The number of hydrogen-bond donors (Lipinski definition) is 0. The van der Waals surface area contributed by atoms with Gasteiger partial charge in [0.2, 0.25) is 5.91 Å². The highest BCUT2D eigenvalue weighted by Gasteiger charge is 2.37. The highest BCUT2D eigenvalue weighted by Crippen LogP contribution is 2.39. The van der Waals surface area contributed by atoms with Crippen LogP contribution in [0, 0.1) is 11.3 Å². The van der Waals surface area contributed by atoms with Crippen LogP contribution in [-0.2, 0) is 9.59 Å². The van der Waals surface area contributed by atoms with Gasteiger partial charge < -0.3 is 4.90 Å². The monoisotopic (exact) mass is 287 g/mol.